The largest absolute Gasteiger partial charge is 0.481 e. The Morgan fingerprint density at radius 2 is 1.52 bits per heavy atom. The molecule has 0 saturated carbocycles. The van der Waals surface area contributed by atoms with Gasteiger partial charge in [0.05, 0.1) is 18.6 Å². The van der Waals surface area contributed by atoms with Crippen LogP contribution >= 0.6 is 12.6 Å². The van der Waals surface area contributed by atoms with E-state index in [0.29, 0.717) is 0 Å². The van der Waals surface area contributed by atoms with Gasteiger partial charge in [-0.1, -0.05) is 0 Å². The van der Waals surface area contributed by atoms with Crippen LogP contribution in [0.5, 0.6) is 0 Å². The van der Waals surface area contributed by atoms with Crippen LogP contribution in [0.25, 0.3) is 0 Å². The van der Waals surface area contributed by atoms with Crippen molar-refractivity contribution in [3.8, 4) is 0 Å². The highest BCUT2D eigenvalue weighted by Crippen LogP contribution is 2.00. The molecule has 8 N–H and O–H groups in total. The van der Waals surface area contributed by atoms with Crippen LogP contribution in [0, 0.1) is 0 Å². The van der Waals surface area contributed by atoms with E-state index >= 15 is 0 Å². The number of aliphatic carboxylic acids is 2. The molecule has 0 aliphatic heterocycles. The zero-order chi connectivity index (χ0) is 21.3. The third-order valence-corrected chi connectivity index (χ3v) is 3.74. The lowest BCUT2D eigenvalue weighted by atomic mass is 10.1. The molecule has 0 aromatic carbocycles. The molecule has 0 aromatic rings. The highest BCUT2D eigenvalue weighted by atomic mass is 32.1. The van der Waals surface area contributed by atoms with Gasteiger partial charge >= 0.3 is 11.9 Å². The second-order valence-electron chi connectivity index (χ2n) is 5.74. The van der Waals surface area contributed by atoms with Crippen molar-refractivity contribution < 1.29 is 39.3 Å². The molecule has 0 aromatic heterocycles. The van der Waals surface area contributed by atoms with Crippen LogP contribution in [0.15, 0.2) is 0 Å². The van der Waals surface area contributed by atoms with E-state index in [1.807, 2.05) is 5.32 Å². The van der Waals surface area contributed by atoms with E-state index in [2.05, 4.69) is 23.3 Å². The standard InChI is InChI=1S/C14H24N4O8S/c1-5(16-12(23)7(15)4-27)11(22)17-8(3-9(20)21)13(24)18-10(6(2)19)14(25)26/h5-8,10,19,27H,3-4,15H2,1-2H3,(H,16,23)(H,17,22)(H,18,24)(H,20,21)(H,25,26). The Balaban J connectivity index is 5.11. The second kappa shape index (κ2) is 11.4. The Morgan fingerprint density at radius 1 is 0.963 bits per heavy atom. The number of hydrogen-bond acceptors (Lipinski definition) is 8. The van der Waals surface area contributed by atoms with E-state index < -0.39 is 66.4 Å². The number of aliphatic hydroxyl groups is 1. The number of nitrogens with two attached hydrogens (primary N) is 1. The summed E-state index contributed by atoms with van der Waals surface area (Å²) in [5, 5.41) is 33.6. The molecule has 0 spiro atoms. The summed E-state index contributed by atoms with van der Waals surface area (Å²) in [5.74, 6) is -5.63. The molecule has 0 aliphatic rings. The molecular weight excluding hydrogens is 384 g/mol. The van der Waals surface area contributed by atoms with Crippen molar-refractivity contribution >= 4 is 42.3 Å². The summed E-state index contributed by atoms with van der Waals surface area (Å²) >= 11 is 3.84. The number of aliphatic hydroxyl groups excluding tert-OH is 1. The molecule has 154 valence electrons. The molecule has 27 heavy (non-hydrogen) atoms. The summed E-state index contributed by atoms with van der Waals surface area (Å²) in [7, 11) is 0. The number of nitrogens with one attached hydrogen (secondary N) is 3. The van der Waals surface area contributed by atoms with Crippen LogP contribution < -0.4 is 21.7 Å². The Labute approximate surface area is 160 Å². The summed E-state index contributed by atoms with van der Waals surface area (Å²) in [6, 6.07) is -5.45. The van der Waals surface area contributed by atoms with Gasteiger partial charge in [-0.25, -0.2) is 4.79 Å². The maximum Gasteiger partial charge on any atom is 0.328 e. The van der Waals surface area contributed by atoms with Crippen molar-refractivity contribution in [2.75, 3.05) is 5.75 Å². The average molecular weight is 408 g/mol. The van der Waals surface area contributed by atoms with Gasteiger partial charge in [0.15, 0.2) is 6.04 Å². The number of hydrogen-bond donors (Lipinski definition) is 8. The van der Waals surface area contributed by atoms with Crippen LogP contribution in [0.3, 0.4) is 0 Å². The molecule has 12 nitrogen and oxygen atoms in total. The first kappa shape index (κ1) is 24.6. The van der Waals surface area contributed by atoms with Crippen LogP contribution in [0.1, 0.15) is 20.3 Å². The minimum Gasteiger partial charge on any atom is -0.481 e. The van der Waals surface area contributed by atoms with E-state index in [0.717, 1.165) is 6.92 Å². The van der Waals surface area contributed by atoms with Gasteiger partial charge in [-0.2, -0.15) is 12.6 Å². The van der Waals surface area contributed by atoms with Crippen molar-refractivity contribution in [1.29, 1.82) is 0 Å². The maximum atomic E-state index is 12.2. The molecular formula is C14H24N4O8S. The highest BCUT2D eigenvalue weighted by molar-refractivity contribution is 7.80. The predicted octanol–water partition coefficient (Wildman–Crippen LogP) is -3.34. The first-order chi connectivity index (χ1) is 12.4. The minimum absolute atomic E-state index is 0.0279. The number of carboxylic acid groups (broad SMARTS) is 2. The van der Waals surface area contributed by atoms with Crippen molar-refractivity contribution in [2.45, 2.75) is 50.5 Å². The summed E-state index contributed by atoms with van der Waals surface area (Å²) in [4.78, 5) is 57.9. The quantitative estimate of drug-likeness (QED) is 0.160. The third kappa shape index (κ3) is 8.70. The molecule has 3 amide bonds. The summed E-state index contributed by atoms with van der Waals surface area (Å²) in [5.41, 5.74) is 5.45. The van der Waals surface area contributed by atoms with Crippen LogP contribution in [0.4, 0.5) is 0 Å². The van der Waals surface area contributed by atoms with Crippen molar-refractivity contribution in [3.05, 3.63) is 0 Å². The summed E-state index contributed by atoms with van der Waals surface area (Å²) < 4.78 is 0. The van der Waals surface area contributed by atoms with Crippen LogP contribution in [-0.2, 0) is 24.0 Å². The number of thiol groups is 1. The lowest BCUT2D eigenvalue weighted by Crippen LogP contribution is -2.58. The van der Waals surface area contributed by atoms with Gasteiger partial charge in [0.1, 0.15) is 12.1 Å². The Morgan fingerprint density at radius 3 is 1.93 bits per heavy atom. The fourth-order valence-electron chi connectivity index (χ4n) is 1.79. The fraction of sp³-hybridized carbons (Fsp3) is 0.643. The fourth-order valence-corrected chi connectivity index (χ4v) is 1.96. The monoisotopic (exact) mass is 408 g/mol. The van der Waals surface area contributed by atoms with E-state index in [-0.39, 0.29) is 5.75 Å². The summed E-state index contributed by atoms with van der Waals surface area (Å²) in [6.45, 7) is 2.40. The third-order valence-electron chi connectivity index (χ3n) is 3.34. The van der Waals surface area contributed by atoms with Gasteiger partial charge in [0.25, 0.3) is 0 Å². The zero-order valence-corrected chi connectivity index (χ0v) is 15.6. The summed E-state index contributed by atoms with van der Waals surface area (Å²) in [6.07, 6.45) is -2.31. The number of amides is 3. The lowest BCUT2D eigenvalue weighted by molar-refractivity contribution is -0.146. The van der Waals surface area contributed by atoms with Gasteiger partial charge < -0.3 is 37.0 Å². The van der Waals surface area contributed by atoms with E-state index in [1.54, 1.807) is 0 Å². The Hall–Kier alpha value is -2.38. The van der Waals surface area contributed by atoms with Crippen molar-refractivity contribution in [1.82, 2.24) is 16.0 Å². The Bertz CT molecular complexity index is 585. The van der Waals surface area contributed by atoms with E-state index in [4.69, 9.17) is 15.9 Å². The molecule has 0 bridgehead atoms. The zero-order valence-electron chi connectivity index (χ0n) is 14.7. The topological polar surface area (TPSA) is 208 Å². The number of carboxylic acids is 2. The minimum atomic E-state index is -1.70. The maximum absolute atomic E-state index is 12.2. The number of carbonyl (C=O) groups excluding carboxylic acids is 3. The molecule has 0 radical (unpaired) electrons. The molecule has 5 atom stereocenters. The first-order valence-electron chi connectivity index (χ1n) is 7.80. The Kier molecular flexibility index (Phi) is 10.4. The van der Waals surface area contributed by atoms with E-state index in [9.17, 15) is 29.1 Å². The van der Waals surface area contributed by atoms with Crippen LogP contribution in [-0.4, -0.2) is 81.0 Å². The molecule has 13 heteroatoms. The second-order valence-corrected chi connectivity index (χ2v) is 6.11. The average Bonchev–Trinajstić information content (AvgIpc) is 2.56. The first-order valence-corrected chi connectivity index (χ1v) is 8.44. The smallest absolute Gasteiger partial charge is 0.328 e. The molecule has 0 fully saturated rings. The van der Waals surface area contributed by atoms with Gasteiger partial charge in [-0.3, -0.25) is 19.2 Å². The normalized spacial score (nSPS) is 16.2. The molecule has 0 heterocycles. The highest BCUT2D eigenvalue weighted by Gasteiger charge is 2.31. The predicted molar refractivity (Wildman–Crippen MR) is 94.9 cm³/mol. The number of rotatable bonds is 11. The van der Waals surface area contributed by atoms with Gasteiger partial charge in [0.2, 0.25) is 17.7 Å². The van der Waals surface area contributed by atoms with Crippen molar-refractivity contribution in [3.63, 3.8) is 0 Å². The molecule has 0 aliphatic carbocycles. The van der Waals surface area contributed by atoms with Gasteiger partial charge in [-0.15, -0.1) is 0 Å². The van der Waals surface area contributed by atoms with E-state index in [1.165, 1.54) is 6.92 Å². The van der Waals surface area contributed by atoms with Crippen LogP contribution in [0.2, 0.25) is 0 Å². The molecule has 0 rings (SSSR count). The molecule has 5 unspecified atom stereocenters. The lowest BCUT2D eigenvalue weighted by Gasteiger charge is -2.23. The van der Waals surface area contributed by atoms with Crippen molar-refractivity contribution in [2.24, 2.45) is 5.73 Å². The molecule has 0 saturated heterocycles. The van der Waals surface area contributed by atoms with Gasteiger partial charge in [0, 0.05) is 5.75 Å². The number of carbonyl (C=O) groups is 5. The SMILES string of the molecule is CC(NC(=O)C(N)CS)C(=O)NC(CC(=O)O)C(=O)NC(C(=O)O)C(C)O. The van der Waals surface area contributed by atoms with Gasteiger partial charge in [-0.05, 0) is 13.8 Å².